The molecule has 0 bridgehead atoms. The van der Waals surface area contributed by atoms with Crippen molar-refractivity contribution >= 4 is 5.82 Å². The van der Waals surface area contributed by atoms with Crippen LogP contribution in [-0.4, -0.2) is 12.1 Å². The standard InChI is InChI=1S/C21H23N3O/c1-15(17-7-4-3-5-8-17)24-14-16-10-11-20(25-2)19(13-16)18-9-6-12-23-21(18)22/h3-13,15,24H,14H2,1-2H3,(H2,22,23)/t15-/m1/s1. The van der Waals surface area contributed by atoms with E-state index >= 15 is 0 Å². The van der Waals surface area contributed by atoms with Crippen LogP contribution in [-0.2, 0) is 6.54 Å². The zero-order valence-corrected chi connectivity index (χ0v) is 14.6. The highest BCUT2D eigenvalue weighted by molar-refractivity contribution is 5.78. The highest BCUT2D eigenvalue weighted by Gasteiger charge is 2.11. The van der Waals surface area contributed by atoms with E-state index in [4.69, 9.17) is 10.5 Å². The minimum atomic E-state index is 0.273. The Morgan fingerprint density at radius 3 is 2.56 bits per heavy atom. The second-order valence-electron chi connectivity index (χ2n) is 5.98. The molecule has 2 aromatic carbocycles. The number of methoxy groups -OCH3 is 1. The molecule has 0 saturated carbocycles. The fourth-order valence-corrected chi connectivity index (χ4v) is 2.85. The lowest BCUT2D eigenvalue weighted by molar-refractivity contribution is 0.416. The molecule has 25 heavy (non-hydrogen) atoms. The van der Waals surface area contributed by atoms with Crippen molar-refractivity contribution in [3.8, 4) is 16.9 Å². The van der Waals surface area contributed by atoms with Gasteiger partial charge in [-0.1, -0.05) is 36.4 Å². The number of nitrogens with zero attached hydrogens (tertiary/aromatic N) is 1. The van der Waals surface area contributed by atoms with Crippen LogP contribution >= 0.6 is 0 Å². The van der Waals surface area contributed by atoms with Crippen molar-refractivity contribution in [1.82, 2.24) is 10.3 Å². The Kier molecular flexibility index (Phi) is 5.31. The first-order valence-electron chi connectivity index (χ1n) is 8.35. The number of benzene rings is 2. The topological polar surface area (TPSA) is 60.2 Å². The smallest absolute Gasteiger partial charge is 0.131 e. The normalized spacial score (nSPS) is 11.9. The number of nitrogen functional groups attached to an aromatic ring is 1. The SMILES string of the molecule is COc1ccc(CN[C@H](C)c2ccccc2)cc1-c1cccnc1N. The van der Waals surface area contributed by atoms with Gasteiger partial charge in [0, 0.05) is 29.9 Å². The Bertz CT molecular complexity index is 834. The van der Waals surface area contributed by atoms with E-state index in [1.165, 1.54) is 11.1 Å². The fourth-order valence-electron chi connectivity index (χ4n) is 2.85. The van der Waals surface area contributed by atoms with Crippen LogP contribution in [0.15, 0.2) is 66.9 Å². The molecule has 3 N–H and O–H groups in total. The summed E-state index contributed by atoms with van der Waals surface area (Å²) in [6.45, 7) is 2.92. The predicted octanol–water partition coefficient (Wildman–Crippen LogP) is 4.19. The van der Waals surface area contributed by atoms with E-state index in [1.54, 1.807) is 13.3 Å². The number of pyridine rings is 1. The van der Waals surface area contributed by atoms with Gasteiger partial charge in [0.2, 0.25) is 0 Å². The molecule has 0 aliphatic carbocycles. The molecule has 1 heterocycles. The summed E-state index contributed by atoms with van der Waals surface area (Å²) in [5.41, 5.74) is 10.3. The van der Waals surface area contributed by atoms with Crippen LogP contribution in [0.5, 0.6) is 5.75 Å². The van der Waals surface area contributed by atoms with Crippen LogP contribution in [0.25, 0.3) is 11.1 Å². The van der Waals surface area contributed by atoms with Crippen molar-refractivity contribution < 1.29 is 4.74 Å². The summed E-state index contributed by atoms with van der Waals surface area (Å²) in [7, 11) is 1.67. The molecule has 4 nitrogen and oxygen atoms in total. The molecule has 0 aliphatic heterocycles. The Morgan fingerprint density at radius 2 is 1.84 bits per heavy atom. The third kappa shape index (κ3) is 3.98. The van der Waals surface area contributed by atoms with E-state index < -0.39 is 0 Å². The van der Waals surface area contributed by atoms with Crippen molar-refractivity contribution in [3.63, 3.8) is 0 Å². The molecule has 0 aliphatic rings. The maximum absolute atomic E-state index is 6.04. The number of anilines is 1. The van der Waals surface area contributed by atoms with Gasteiger partial charge in [-0.25, -0.2) is 4.98 Å². The van der Waals surface area contributed by atoms with Crippen molar-refractivity contribution in [3.05, 3.63) is 78.0 Å². The van der Waals surface area contributed by atoms with Crippen LogP contribution in [0, 0.1) is 0 Å². The zero-order valence-electron chi connectivity index (χ0n) is 14.6. The molecule has 0 fully saturated rings. The largest absolute Gasteiger partial charge is 0.496 e. The molecular formula is C21H23N3O. The van der Waals surface area contributed by atoms with Gasteiger partial charge in [-0.2, -0.15) is 0 Å². The Morgan fingerprint density at radius 1 is 1.04 bits per heavy atom. The van der Waals surface area contributed by atoms with Gasteiger partial charge >= 0.3 is 0 Å². The van der Waals surface area contributed by atoms with Crippen molar-refractivity contribution in [2.45, 2.75) is 19.5 Å². The van der Waals surface area contributed by atoms with Crippen molar-refractivity contribution in [2.75, 3.05) is 12.8 Å². The van der Waals surface area contributed by atoms with Crippen molar-refractivity contribution in [2.24, 2.45) is 0 Å². The van der Waals surface area contributed by atoms with Crippen LogP contribution in [0.1, 0.15) is 24.1 Å². The van der Waals surface area contributed by atoms with E-state index in [-0.39, 0.29) is 6.04 Å². The van der Waals surface area contributed by atoms with E-state index in [2.05, 4.69) is 53.6 Å². The van der Waals surface area contributed by atoms with E-state index in [0.717, 1.165) is 23.4 Å². The molecule has 4 heteroatoms. The van der Waals surface area contributed by atoms with Gasteiger partial charge in [-0.3, -0.25) is 0 Å². The third-order valence-corrected chi connectivity index (χ3v) is 4.30. The number of hydrogen-bond acceptors (Lipinski definition) is 4. The highest BCUT2D eigenvalue weighted by atomic mass is 16.5. The molecule has 0 amide bonds. The summed E-state index contributed by atoms with van der Waals surface area (Å²) in [6.07, 6.45) is 1.69. The Balaban J connectivity index is 1.81. The number of hydrogen-bond donors (Lipinski definition) is 2. The summed E-state index contributed by atoms with van der Waals surface area (Å²) in [5.74, 6) is 1.29. The first-order chi connectivity index (χ1) is 12.2. The number of nitrogens with one attached hydrogen (secondary N) is 1. The molecule has 0 unspecified atom stereocenters. The predicted molar refractivity (Wildman–Crippen MR) is 102 cm³/mol. The maximum Gasteiger partial charge on any atom is 0.131 e. The molecule has 0 radical (unpaired) electrons. The van der Waals surface area contributed by atoms with Gasteiger partial charge in [0.05, 0.1) is 7.11 Å². The zero-order chi connectivity index (χ0) is 17.6. The quantitative estimate of drug-likeness (QED) is 0.710. The molecule has 128 valence electrons. The number of rotatable bonds is 6. The molecule has 1 atom stereocenters. The highest BCUT2D eigenvalue weighted by Crippen LogP contribution is 2.33. The summed E-state index contributed by atoms with van der Waals surface area (Å²) in [6, 6.07) is 20.7. The van der Waals surface area contributed by atoms with Crippen LogP contribution in [0.4, 0.5) is 5.82 Å². The second-order valence-corrected chi connectivity index (χ2v) is 5.98. The number of nitrogens with two attached hydrogens (primary N) is 1. The lowest BCUT2D eigenvalue weighted by Gasteiger charge is -2.16. The van der Waals surface area contributed by atoms with Gasteiger partial charge in [0.15, 0.2) is 0 Å². The molecule has 3 aromatic rings. The summed E-state index contributed by atoms with van der Waals surface area (Å²) >= 11 is 0. The van der Waals surface area contributed by atoms with Crippen LogP contribution in [0.3, 0.4) is 0 Å². The average Bonchev–Trinajstić information content (AvgIpc) is 2.67. The molecule has 1 aromatic heterocycles. The van der Waals surface area contributed by atoms with Gasteiger partial charge in [-0.05, 0) is 42.3 Å². The first kappa shape index (κ1) is 17.0. The van der Waals surface area contributed by atoms with E-state index in [0.29, 0.717) is 5.82 Å². The molecule has 0 saturated heterocycles. The lowest BCUT2D eigenvalue weighted by Crippen LogP contribution is -2.18. The maximum atomic E-state index is 6.04. The molecular weight excluding hydrogens is 310 g/mol. The van der Waals surface area contributed by atoms with E-state index in [9.17, 15) is 0 Å². The third-order valence-electron chi connectivity index (χ3n) is 4.30. The summed E-state index contributed by atoms with van der Waals surface area (Å²) in [4.78, 5) is 4.18. The van der Waals surface area contributed by atoms with Crippen molar-refractivity contribution in [1.29, 1.82) is 0 Å². The average molecular weight is 333 g/mol. The fraction of sp³-hybridized carbons (Fsp3) is 0.190. The van der Waals surface area contributed by atoms with Gasteiger partial charge in [0.1, 0.15) is 11.6 Å². The van der Waals surface area contributed by atoms with Gasteiger partial charge in [0.25, 0.3) is 0 Å². The van der Waals surface area contributed by atoms with Gasteiger partial charge < -0.3 is 15.8 Å². The number of aromatic nitrogens is 1. The minimum absolute atomic E-state index is 0.273. The summed E-state index contributed by atoms with van der Waals surface area (Å²) < 4.78 is 5.50. The Labute approximate surface area is 148 Å². The first-order valence-corrected chi connectivity index (χ1v) is 8.35. The number of ether oxygens (including phenoxy) is 1. The lowest BCUT2D eigenvalue weighted by atomic mass is 10.0. The summed E-state index contributed by atoms with van der Waals surface area (Å²) in [5, 5.41) is 3.56. The molecule has 3 rings (SSSR count). The monoisotopic (exact) mass is 333 g/mol. The van der Waals surface area contributed by atoms with Crippen LogP contribution < -0.4 is 15.8 Å². The Hall–Kier alpha value is -2.85. The van der Waals surface area contributed by atoms with Gasteiger partial charge in [-0.15, -0.1) is 0 Å². The second kappa shape index (κ2) is 7.81. The van der Waals surface area contributed by atoms with E-state index in [1.807, 2.05) is 24.3 Å². The minimum Gasteiger partial charge on any atom is -0.496 e. The molecule has 0 spiro atoms. The van der Waals surface area contributed by atoms with Crippen LogP contribution in [0.2, 0.25) is 0 Å².